The highest BCUT2D eigenvalue weighted by atomic mass is 16.3. The molecule has 94 valence electrons. The van der Waals surface area contributed by atoms with Crippen LogP contribution in [0.3, 0.4) is 0 Å². The Labute approximate surface area is 96.6 Å². The van der Waals surface area contributed by atoms with Gasteiger partial charge in [-0.2, -0.15) is 0 Å². The van der Waals surface area contributed by atoms with E-state index in [1.54, 1.807) is 6.92 Å². The van der Waals surface area contributed by atoms with Crippen LogP contribution in [-0.2, 0) is 0 Å². The molecule has 4 heteroatoms. The molecule has 0 bridgehead atoms. The van der Waals surface area contributed by atoms with Crippen LogP contribution in [0.5, 0.6) is 0 Å². The minimum atomic E-state index is -1.32. The van der Waals surface area contributed by atoms with Crippen molar-refractivity contribution in [3.8, 4) is 0 Å². The molecule has 0 fully saturated rings. The van der Waals surface area contributed by atoms with Gasteiger partial charge in [0, 0.05) is 0 Å². The van der Waals surface area contributed by atoms with Gasteiger partial charge in [-0.3, -0.25) is 0 Å². The van der Waals surface area contributed by atoms with Gasteiger partial charge in [-0.05, 0) is 52.3 Å². The van der Waals surface area contributed by atoms with Gasteiger partial charge in [0.15, 0.2) is 0 Å². The van der Waals surface area contributed by atoms with E-state index in [2.05, 4.69) is 0 Å². The highest BCUT2D eigenvalue weighted by Gasteiger charge is 2.30. The maximum atomic E-state index is 9.88. The lowest BCUT2D eigenvalue weighted by Crippen LogP contribution is -2.34. The number of hydrogen-bond donors (Lipinski definition) is 4. The second-order valence-corrected chi connectivity index (χ2v) is 4.93. The molecule has 0 aliphatic rings. The highest BCUT2D eigenvalue weighted by Crippen LogP contribution is 2.25. The minimum absolute atomic E-state index is 0.163. The summed E-state index contributed by atoms with van der Waals surface area (Å²) in [6, 6.07) is 0. The topological polar surface area (TPSA) is 80.9 Å². The molecular weight excluding hydrogens is 208 g/mol. The molecule has 16 heavy (non-hydrogen) atoms. The van der Waals surface area contributed by atoms with E-state index in [1.807, 2.05) is 0 Å². The Bertz CT molecular complexity index is 289. The quantitative estimate of drug-likeness (QED) is 0.433. The number of aliphatic hydroxyl groups is 4. The Balaban J connectivity index is 5.38. The standard InChI is InChI=1S/C12H22O4/c1-6-9(13)10(14)8(12(4,5)16)7-11(2,3)15/h6-7,10,13-16H,1-5H3. The van der Waals surface area contributed by atoms with Gasteiger partial charge in [0.25, 0.3) is 0 Å². The van der Waals surface area contributed by atoms with Crippen molar-refractivity contribution in [1.29, 1.82) is 0 Å². The molecule has 1 unspecified atom stereocenters. The molecule has 0 aliphatic carbocycles. The van der Waals surface area contributed by atoms with E-state index < -0.39 is 17.3 Å². The first kappa shape index (κ1) is 15.2. The van der Waals surface area contributed by atoms with E-state index in [4.69, 9.17) is 0 Å². The molecule has 0 aliphatic heterocycles. The van der Waals surface area contributed by atoms with E-state index in [0.29, 0.717) is 0 Å². The number of aliphatic hydroxyl groups excluding tert-OH is 2. The lowest BCUT2D eigenvalue weighted by molar-refractivity contribution is 0.0679. The molecule has 0 spiro atoms. The van der Waals surface area contributed by atoms with Gasteiger partial charge in [-0.25, -0.2) is 0 Å². The molecule has 0 amide bonds. The molecule has 0 aromatic rings. The fraction of sp³-hybridized carbons (Fsp3) is 0.667. The summed E-state index contributed by atoms with van der Waals surface area (Å²) < 4.78 is 0. The van der Waals surface area contributed by atoms with Gasteiger partial charge in [-0.15, -0.1) is 0 Å². The predicted molar refractivity (Wildman–Crippen MR) is 63.1 cm³/mol. The van der Waals surface area contributed by atoms with Crippen LogP contribution in [0.4, 0.5) is 0 Å². The van der Waals surface area contributed by atoms with E-state index in [-0.39, 0.29) is 11.3 Å². The van der Waals surface area contributed by atoms with Gasteiger partial charge in [0.05, 0.1) is 11.2 Å². The van der Waals surface area contributed by atoms with Gasteiger partial charge in [0.2, 0.25) is 0 Å². The Kier molecular flexibility index (Phi) is 4.73. The van der Waals surface area contributed by atoms with Crippen LogP contribution in [0, 0.1) is 0 Å². The molecule has 4 N–H and O–H groups in total. The van der Waals surface area contributed by atoms with Crippen LogP contribution in [0.1, 0.15) is 34.6 Å². The summed E-state index contributed by atoms with van der Waals surface area (Å²) in [5.74, 6) is -0.252. The number of rotatable bonds is 4. The van der Waals surface area contributed by atoms with E-state index in [9.17, 15) is 20.4 Å². The van der Waals surface area contributed by atoms with Gasteiger partial charge < -0.3 is 20.4 Å². The zero-order chi connectivity index (χ0) is 13.1. The summed E-state index contributed by atoms with van der Waals surface area (Å²) in [4.78, 5) is 0. The normalized spacial score (nSPS) is 17.5. The van der Waals surface area contributed by atoms with Crippen molar-refractivity contribution in [2.75, 3.05) is 0 Å². The van der Waals surface area contributed by atoms with Gasteiger partial charge in [0.1, 0.15) is 11.9 Å². The van der Waals surface area contributed by atoms with Crippen LogP contribution in [0.2, 0.25) is 0 Å². The van der Waals surface area contributed by atoms with Crippen LogP contribution in [0.15, 0.2) is 23.5 Å². The molecule has 0 saturated heterocycles. The maximum absolute atomic E-state index is 9.88. The zero-order valence-corrected chi connectivity index (χ0v) is 10.5. The van der Waals surface area contributed by atoms with Gasteiger partial charge in [-0.1, -0.05) is 0 Å². The number of allylic oxidation sites excluding steroid dienone is 1. The van der Waals surface area contributed by atoms with Crippen LogP contribution in [0.25, 0.3) is 0 Å². The summed E-state index contributed by atoms with van der Waals surface area (Å²) in [6.45, 7) is 7.59. The summed E-state index contributed by atoms with van der Waals surface area (Å²) in [5, 5.41) is 38.8. The predicted octanol–water partition coefficient (Wildman–Crippen LogP) is 1.28. The molecule has 4 nitrogen and oxygen atoms in total. The van der Waals surface area contributed by atoms with Crippen molar-refractivity contribution in [1.82, 2.24) is 0 Å². The molecule has 0 radical (unpaired) electrons. The fourth-order valence-electron chi connectivity index (χ4n) is 1.29. The van der Waals surface area contributed by atoms with Crippen molar-refractivity contribution < 1.29 is 20.4 Å². The average Bonchev–Trinajstić information content (AvgIpc) is 2.08. The van der Waals surface area contributed by atoms with Crippen molar-refractivity contribution >= 4 is 0 Å². The zero-order valence-electron chi connectivity index (χ0n) is 10.5. The highest BCUT2D eigenvalue weighted by molar-refractivity contribution is 5.28. The molecule has 0 heterocycles. The summed E-state index contributed by atoms with van der Waals surface area (Å²) in [6.07, 6.45) is 1.38. The third kappa shape index (κ3) is 4.79. The first-order chi connectivity index (χ1) is 6.99. The smallest absolute Gasteiger partial charge is 0.134 e. The first-order valence-corrected chi connectivity index (χ1v) is 5.20. The van der Waals surface area contributed by atoms with Crippen molar-refractivity contribution in [3.05, 3.63) is 23.5 Å². The average molecular weight is 230 g/mol. The molecule has 0 saturated carbocycles. The number of hydrogen-bond acceptors (Lipinski definition) is 4. The van der Waals surface area contributed by atoms with Crippen molar-refractivity contribution in [2.24, 2.45) is 0 Å². The van der Waals surface area contributed by atoms with Crippen molar-refractivity contribution in [2.45, 2.75) is 51.9 Å². The second-order valence-electron chi connectivity index (χ2n) is 4.93. The monoisotopic (exact) mass is 230 g/mol. The maximum Gasteiger partial charge on any atom is 0.134 e. The Hall–Kier alpha value is -0.840. The molecule has 0 aromatic heterocycles. The largest absolute Gasteiger partial charge is 0.510 e. The van der Waals surface area contributed by atoms with Crippen LogP contribution in [-0.4, -0.2) is 37.7 Å². The van der Waals surface area contributed by atoms with Gasteiger partial charge >= 0.3 is 0 Å². The molecule has 1 atom stereocenters. The molecule has 0 rings (SSSR count). The Morgan fingerprint density at radius 1 is 1.12 bits per heavy atom. The van der Waals surface area contributed by atoms with E-state index in [1.165, 1.54) is 39.8 Å². The third-order valence-electron chi connectivity index (χ3n) is 2.09. The first-order valence-electron chi connectivity index (χ1n) is 5.20. The summed E-state index contributed by atoms with van der Waals surface area (Å²) >= 11 is 0. The van der Waals surface area contributed by atoms with Crippen LogP contribution < -0.4 is 0 Å². The lowest BCUT2D eigenvalue weighted by Gasteiger charge is -2.28. The third-order valence-corrected chi connectivity index (χ3v) is 2.09. The minimum Gasteiger partial charge on any atom is -0.510 e. The molecular formula is C12H22O4. The Morgan fingerprint density at radius 3 is 1.81 bits per heavy atom. The molecule has 0 aromatic carbocycles. The van der Waals surface area contributed by atoms with E-state index >= 15 is 0 Å². The second kappa shape index (κ2) is 4.99. The SMILES string of the molecule is CC=C(O)C(O)C(=CC(C)(C)O)C(C)(C)O. The lowest BCUT2D eigenvalue weighted by atomic mass is 9.88. The fourth-order valence-corrected chi connectivity index (χ4v) is 1.29. The van der Waals surface area contributed by atoms with Crippen LogP contribution >= 0.6 is 0 Å². The Morgan fingerprint density at radius 2 is 1.56 bits per heavy atom. The van der Waals surface area contributed by atoms with E-state index in [0.717, 1.165) is 0 Å². The van der Waals surface area contributed by atoms with Crippen molar-refractivity contribution in [3.63, 3.8) is 0 Å². The summed E-state index contributed by atoms with van der Waals surface area (Å²) in [7, 11) is 0. The summed E-state index contributed by atoms with van der Waals surface area (Å²) in [5.41, 5.74) is -2.34.